The van der Waals surface area contributed by atoms with E-state index in [1.165, 1.54) is 148 Å². The smallest absolute Gasteiger partial charge is 0.457 e. The first-order chi connectivity index (χ1) is 27.3. The zero-order chi connectivity index (χ0) is 41.1. The van der Waals surface area contributed by atoms with E-state index in [0.29, 0.717) is 6.61 Å². The Labute approximate surface area is 344 Å². The lowest BCUT2D eigenvalue weighted by Gasteiger charge is -2.20. The van der Waals surface area contributed by atoms with Crippen LogP contribution in [0.4, 0.5) is 0 Å². The SMILES string of the molecule is CCCCCC/C=C\C/C=C\CCCCCCCCOCC(COP(=O)(O)OCC(O)CO)OC(=O)CCCCCCCCCCCCCCCCCCCC. The molecule has 9 nitrogen and oxygen atoms in total. The van der Waals surface area contributed by atoms with Crippen LogP contribution < -0.4 is 0 Å². The first-order valence-corrected chi connectivity index (χ1v) is 24.8. The van der Waals surface area contributed by atoms with Crippen molar-refractivity contribution >= 4 is 13.8 Å². The van der Waals surface area contributed by atoms with Crippen LogP contribution in [-0.2, 0) is 27.9 Å². The quantitative estimate of drug-likeness (QED) is 0.0238. The van der Waals surface area contributed by atoms with Gasteiger partial charge >= 0.3 is 13.8 Å². The van der Waals surface area contributed by atoms with Gasteiger partial charge in [-0.1, -0.05) is 192 Å². The molecular formula is C46H89O9P. The van der Waals surface area contributed by atoms with Crippen LogP contribution in [0, 0.1) is 0 Å². The molecule has 0 saturated heterocycles. The number of carbonyl (C=O) groups excluding carboxylic acids is 1. The van der Waals surface area contributed by atoms with Gasteiger partial charge in [0.2, 0.25) is 0 Å². The number of ether oxygens (including phenoxy) is 2. The van der Waals surface area contributed by atoms with Crippen LogP contribution in [0.1, 0.15) is 219 Å². The van der Waals surface area contributed by atoms with Gasteiger partial charge in [-0.15, -0.1) is 0 Å². The highest BCUT2D eigenvalue weighted by Crippen LogP contribution is 2.43. The summed E-state index contributed by atoms with van der Waals surface area (Å²) in [6, 6.07) is 0. The molecule has 56 heavy (non-hydrogen) atoms. The summed E-state index contributed by atoms with van der Waals surface area (Å²) in [4.78, 5) is 22.6. The van der Waals surface area contributed by atoms with Gasteiger partial charge in [0.05, 0.1) is 26.4 Å². The van der Waals surface area contributed by atoms with Gasteiger partial charge in [-0.3, -0.25) is 13.8 Å². The summed E-state index contributed by atoms with van der Waals surface area (Å²) in [7, 11) is -4.52. The summed E-state index contributed by atoms with van der Waals surface area (Å²) in [5.74, 6) is -0.382. The maximum absolute atomic E-state index is 12.6. The summed E-state index contributed by atoms with van der Waals surface area (Å²) in [6.07, 6.45) is 45.6. The molecule has 3 unspecified atom stereocenters. The summed E-state index contributed by atoms with van der Waals surface area (Å²) in [5.41, 5.74) is 0. The Morgan fingerprint density at radius 3 is 1.45 bits per heavy atom. The molecule has 0 heterocycles. The molecule has 0 aromatic rings. The number of hydrogen-bond acceptors (Lipinski definition) is 8. The molecule has 0 saturated carbocycles. The number of aliphatic hydroxyl groups is 2. The second-order valence-electron chi connectivity index (χ2n) is 15.8. The molecule has 332 valence electrons. The lowest BCUT2D eigenvalue weighted by molar-refractivity contribution is -0.154. The number of unbranched alkanes of at least 4 members (excludes halogenated alkanes) is 27. The average molecular weight is 817 g/mol. The largest absolute Gasteiger partial charge is 0.472 e. The fourth-order valence-electron chi connectivity index (χ4n) is 6.56. The summed E-state index contributed by atoms with van der Waals surface area (Å²) in [5, 5.41) is 18.4. The highest BCUT2D eigenvalue weighted by molar-refractivity contribution is 7.47. The van der Waals surface area contributed by atoms with Gasteiger partial charge in [-0.2, -0.15) is 0 Å². The standard InChI is InChI=1S/C46H89O9P/c1-3-5-7-9-11-13-15-17-19-21-22-24-26-28-30-32-34-36-38-46(49)55-45(43-54-56(50,51)53-41-44(48)40-47)42-52-39-37-35-33-31-29-27-25-23-20-18-16-14-12-10-8-6-4-2/h14,16,20,23,44-45,47-48H,3-13,15,17-19,21-22,24-43H2,1-2H3,(H,50,51)/b16-14-,23-20-. The Bertz CT molecular complexity index is 928. The minimum Gasteiger partial charge on any atom is -0.457 e. The van der Waals surface area contributed by atoms with Gasteiger partial charge in [-0.25, -0.2) is 4.57 Å². The Balaban J connectivity index is 4.12. The van der Waals surface area contributed by atoms with E-state index in [1.54, 1.807) is 0 Å². The Hall–Kier alpha value is -1.06. The van der Waals surface area contributed by atoms with Crippen molar-refractivity contribution < 1.29 is 43.0 Å². The number of phosphoric acid groups is 1. The van der Waals surface area contributed by atoms with E-state index in [1.807, 2.05) is 0 Å². The molecule has 0 aromatic carbocycles. The summed E-state index contributed by atoms with van der Waals surface area (Å²) < 4.78 is 33.4. The molecule has 3 atom stereocenters. The van der Waals surface area contributed by atoms with Crippen molar-refractivity contribution in [3.8, 4) is 0 Å². The molecule has 0 aromatic heterocycles. The van der Waals surface area contributed by atoms with E-state index in [-0.39, 0.29) is 25.6 Å². The highest BCUT2D eigenvalue weighted by Gasteiger charge is 2.26. The van der Waals surface area contributed by atoms with Crippen LogP contribution in [0.2, 0.25) is 0 Å². The second kappa shape index (κ2) is 43.5. The molecule has 0 rings (SSSR count). The van der Waals surface area contributed by atoms with Crippen molar-refractivity contribution in [2.75, 3.05) is 33.0 Å². The maximum atomic E-state index is 12.6. The van der Waals surface area contributed by atoms with Crippen LogP contribution in [-0.4, -0.2) is 66.3 Å². The Morgan fingerprint density at radius 1 is 0.554 bits per heavy atom. The molecule has 0 aliphatic carbocycles. The predicted molar refractivity (Wildman–Crippen MR) is 233 cm³/mol. The topological polar surface area (TPSA) is 132 Å². The normalized spacial score (nSPS) is 14.2. The fraction of sp³-hybridized carbons (Fsp3) is 0.891. The minimum absolute atomic E-state index is 0.0461. The number of phosphoric ester groups is 1. The first kappa shape index (κ1) is 54.9. The van der Waals surface area contributed by atoms with Crippen molar-refractivity contribution in [2.45, 2.75) is 232 Å². The van der Waals surface area contributed by atoms with Gasteiger partial charge in [0.25, 0.3) is 0 Å². The molecule has 0 radical (unpaired) electrons. The molecule has 0 fully saturated rings. The average Bonchev–Trinajstić information content (AvgIpc) is 3.19. The van der Waals surface area contributed by atoms with E-state index in [2.05, 4.69) is 38.2 Å². The Kier molecular flexibility index (Phi) is 42.7. The van der Waals surface area contributed by atoms with Crippen molar-refractivity contribution in [1.29, 1.82) is 0 Å². The van der Waals surface area contributed by atoms with Crippen LogP contribution >= 0.6 is 7.82 Å². The van der Waals surface area contributed by atoms with Crippen molar-refractivity contribution in [3.63, 3.8) is 0 Å². The van der Waals surface area contributed by atoms with Crippen LogP contribution in [0.5, 0.6) is 0 Å². The molecule has 0 amide bonds. The maximum Gasteiger partial charge on any atom is 0.472 e. The van der Waals surface area contributed by atoms with Crippen molar-refractivity contribution in [3.05, 3.63) is 24.3 Å². The second-order valence-corrected chi connectivity index (χ2v) is 17.2. The number of aliphatic hydroxyl groups excluding tert-OH is 2. The van der Waals surface area contributed by atoms with Crippen LogP contribution in [0.15, 0.2) is 24.3 Å². The summed E-state index contributed by atoms with van der Waals surface area (Å²) in [6.45, 7) is 3.52. The fourth-order valence-corrected chi connectivity index (χ4v) is 7.35. The minimum atomic E-state index is -4.52. The number of hydrogen-bond donors (Lipinski definition) is 3. The molecule has 0 bridgehead atoms. The van der Waals surface area contributed by atoms with Gasteiger partial charge in [0, 0.05) is 13.0 Å². The predicted octanol–water partition coefficient (Wildman–Crippen LogP) is 13.0. The van der Waals surface area contributed by atoms with Gasteiger partial charge in [0.15, 0.2) is 0 Å². The van der Waals surface area contributed by atoms with Gasteiger partial charge < -0.3 is 24.6 Å². The molecule has 0 aliphatic heterocycles. The zero-order valence-corrected chi connectivity index (χ0v) is 37.3. The molecule has 10 heteroatoms. The third kappa shape index (κ3) is 42.5. The number of carbonyl (C=O) groups is 1. The van der Waals surface area contributed by atoms with E-state index in [0.717, 1.165) is 51.4 Å². The Morgan fingerprint density at radius 2 is 0.964 bits per heavy atom. The van der Waals surface area contributed by atoms with Crippen molar-refractivity contribution in [1.82, 2.24) is 0 Å². The third-order valence-corrected chi connectivity index (χ3v) is 11.1. The summed E-state index contributed by atoms with van der Waals surface area (Å²) >= 11 is 0. The van der Waals surface area contributed by atoms with Gasteiger partial charge in [0.1, 0.15) is 12.2 Å². The number of esters is 1. The molecule has 0 spiro atoms. The molecule has 3 N–H and O–H groups in total. The van der Waals surface area contributed by atoms with Gasteiger partial charge in [-0.05, 0) is 44.9 Å². The number of allylic oxidation sites excluding steroid dienone is 4. The zero-order valence-electron chi connectivity index (χ0n) is 36.4. The lowest BCUT2D eigenvalue weighted by atomic mass is 10.0. The number of rotatable bonds is 45. The van der Waals surface area contributed by atoms with E-state index in [9.17, 15) is 19.4 Å². The van der Waals surface area contributed by atoms with Crippen LogP contribution in [0.3, 0.4) is 0 Å². The first-order valence-electron chi connectivity index (χ1n) is 23.3. The monoisotopic (exact) mass is 817 g/mol. The van der Waals surface area contributed by atoms with Crippen molar-refractivity contribution in [2.24, 2.45) is 0 Å². The van der Waals surface area contributed by atoms with E-state index in [4.69, 9.17) is 23.6 Å². The van der Waals surface area contributed by atoms with E-state index < -0.39 is 33.2 Å². The molecular weight excluding hydrogens is 727 g/mol. The lowest BCUT2D eigenvalue weighted by Crippen LogP contribution is -2.29. The molecule has 0 aliphatic rings. The van der Waals surface area contributed by atoms with Crippen LogP contribution in [0.25, 0.3) is 0 Å². The van der Waals surface area contributed by atoms with E-state index >= 15 is 0 Å². The third-order valence-electron chi connectivity index (χ3n) is 10.1. The highest BCUT2D eigenvalue weighted by atomic mass is 31.2.